The number of hydrogen-bond acceptors (Lipinski definition) is 4. The van der Waals surface area contributed by atoms with Crippen molar-refractivity contribution in [2.45, 2.75) is 39.7 Å². The molecule has 1 fully saturated rings. The molecular weight excluding hydrogens is 256 g/mol. The van der Waals surface area contributed by atoms with Crippen LogP contribution in [-0.2, 0) is 9.53 Å². The van der Waals surface area contributed by atoms with Gasteiger partial charge in [0.2, 0.25) is 5.91 Å². The van der Waals surface area contributed by atoms with Gasteiger partial charge in [-0.1, -0.05) is 20.8 Å². The average Bonchev–Trinajstić information content (AvgIpc) is 2.39. The summed E-state index contributed by atoms with van der Waals surface area (Å²) in [6, 6.07) is 0. The second-order valence-electron chi connectivity index (χ2n) is 6.35. The van der Waals surface area contributed by atoms with Gasteiger partial charge in [0.1, 0.15) is 0 Å². The Morgan fingerprint density at radius 3 is 2.60 bits per heavy atom. The summed E-state index contributed by atoms with van der Waals surface area (Å²) in [5.74, 6) is 1.22. The number of piperidine rings is 1. The topological polar surface area (TPSA) is 61.8 Å². The Morgan fingerprint density at radius 2 is 2.00 bits per heavy atom. The zero-order valence-corrected chi connectivity index (χ0v) is 13.1. The lowest BCUT2D eigenvalue weighted by molar-refractivity contribution is -0.123. The fourth-order valence-corrected chi connectivity index (χ4v) is 2.21. The fourth-order valence-electron chi connectivity index (χ4n) is 2.21. The van der Waals surface area contributed by atoms with Crippen LogP contribution in [0.3, 0.4) is 0 Å². The van der Waals surface area contributed by atoms with Crippen molar-refractivity contribution in [1.29, 1.82) is 0 Å². The summed E-state index contributed by atoms with van der Waals surface area (Å²) in [5.41, 5.74) is 0. The van der Waals surface area contributed by atoms with E-state index in [1.165, 1.54) is 12.8 Å². The molecule has 1 aliphatic rings. The minimum Gasteiger partial charge on any atom is -0.389 e. The zero-order valence-electron chi connectivity index (χ0n) is 13.1. The quantitative estimate of drug-likeness (QED) is 0.695. The van der Waals surface area contributed by atoms with Gasteiger partial charge in [0.15, 0.2) is 0 Å². The largest absolute Gasteiger partial charge is 0.389 e. The number of carbonyl (C=O) groups excluding carboxylic acids is 1. The summed E-state index contributed by atoms with van der Waals surface area (Å²) in [7, 11) is 0. The van der Waals surface area contributed by atoms with Crippen LogP contribution in [0.2, 0.25) is 0 Å². The molecule has 1 unspecified atom stereocenters. The minimum absolute atomic E-state index is 0.0116. The molecule has 0 aliphatic carbocycles. The van der Waals surface area contributed by atoms with Crippen LogP contribution in [0, 0.1) is 11.8 Å². The van der Waals surface area contributed by atoms with Crippen molar-refractivity contribution in [1.82, 2.24) is 10.2 Å². The fraction of sp³-hybridized carbons (Fsp3) is 0.933. The van der Waals surface area contributed by atoms with E-state index in [4.69, 9.17) is 4.74 Å². The van der Waals surface area contributed by atoms with Crippen LogP contribution in [0.25, 0.3) is 0 Å². The van der Waals surface area contributed by atoms with Crippen molar-refractivity contribution >= 4 is 5.91 Å². The first-order chi connectivity index (χ1) is 9.47. The molecule has 5 nitrogen and oxygen atoms in total. The number of likely N-dealkylation sites (tertiary alicyclic amines) is 1. The average molecular weight is 286 g/mol. The maximum atomic E-state index is 11.8. The smallest absolute Gasteiger partial charge is 0.234 e. The third-order valence-corrected chi connectivity index (χ3v) is 3.54. The molecule has 118 valence electrons. The van der Waals surface area contributed by atoms with E-state index in [-0.39, 0.29) is 19.1 Å². The Bertz CT molecular complexity index is 276. The number of amides is 1. The van der Waals surface area contributed by atoms with E-state index in [0.29, 0.717) is 19.1 Å². The normalized spacial score (nSPS) is 19.2. The second-order valence-corrected chi connectivity index (χ2v) is 6.35. The summed E-state index contributed by atoms with van der Waals surface area (Å²) in [6.45, 7) is 9.99. The second kappa shape index (κ2) is 9.32. The van der Waals surface area contributed by atoms with E-state index < -0.39 is 6.10 Å². The highest BCUT2D eigenvalue weighted by Crippen LogP contribution is 2.15. The summed E-state index contributed by atoms with van der Waals surface area (Å²) >= 11 is 0. The van der Waals surface area contributed by atoms with Crippen LogP contribution >= 0.6 is 0 Å². The van der Waals surface area contributed by atoms with Gasteiger partial charge in [0, 0.05) is 13.2 Å². The number of aliphatic hydroxyl groups is 1. The predicted molar refractivity (Wildman–Crippen MR) is 79.5 cm³/mol. The molecule has 0 radical (unpaired) electrons. The van der Waals surface area contributed by atoms with Crippen LogP contribution in [0.1, 0.15) is 33.6 Å². The van der Waals surface area contributed by atoms with E-state index >= 15 is 0 Å². The van der Waals surface area contributed by atoms with Gasteiger partial charge in [-0.25, -0.2) is 0 Å². The van der Waals surface area contributed by atoms with E-state index in [2.05, 4.69) is 31.0 Å². The Morgan fingerprint density at radius 1 is 1.35 bits per heavy atom. The molecule has 0 aromatic rings. The van der Waals surface area contributed by atoms with Crippen molar-refractivity contribution < 1.29 is 14.6 Å². The molecule has 1 heterocycles. The number of aliphatic hydroxyl groups excluding tert-OH is 1. The molecule has 20 heavy (non-hydrogen) atoms. The molecule has 2 N–H and O–H groups in total. The lowest BCUT2D eigenvalue weighted by atomic mass is 9.99. The lowest BCUT2D eigenvalue weighted by Gasteiger charge is -2.29. The third kappa shape index (κ3) is 7.82. The molecule has 1 aliphatic heterocycles. The third-order valence-electron chi connectivity index (χ3n) is 3.54. The summed E-state index contributed by atoms with van der Waals surface area (Å²) in [4.78, 5) is 14.0. The zero-order chi connectivity index (χ0) is 15.0. The van der Waals surface area contributed by atoms with Crippen LogP contribution in [0.5, 0.6) is 0 Å². The highest BCUT2D eigenvalue weighted by Gasteiger charge is 2.18. The Kier molecular flexibility index (Phi) is 8.11. The molecule has 5 heteroatoms. The number of ether oxygens (including phenoxy) is 1. The van der Waals surface area contributed by atoms with Gasteiger partial charge in [0.25, 0.3) is 0 Å². The van der Waals surface area contributed by atoms with Gasteiger partial charge in [0.05, 0.1) is 19.3 Å². The Labute approximate surface area is 122 Å². The highest BCUT2D eigenvalue weighted by molar-refractivity contribution is 5.78. The van der Waals surface area contributed by atoms with Gasteiger partial charge in [-0.3, -0.25) is 9.69 Å². The summed E-state index contributed by atoms with van der Waals surface area (Å²) in [5, 5.41) is 12.5. The molecule has 0 saturated carbocycles. The maximum absolute atomic E-state index is 11.8. The van der Waals surface area contributed by atoms with Crippen LogP contribution in [0.4, 0.5) is 0 Å². The van der Waals surface area contributed by atoms with E-state index in [0.717, 1.165) is 19.0 Å². The van der Waals surface area contributed by atoms with Gasteiger partial charge in [-0.15, -0.1) is 0 Å². The molecule has 0 bridgehead atoms. The Balaban J connectivity index is 2.07. The molecule has 0 aromatic carbocycles. The summed E-state index contributed by atoms with van der Waals surface area (Å²) < 4.78 is 5.34. The van der Waals surface area contributed by atoms with Gasteiger partial charge < -0.3 is 15.2 Å². The highest BCUT2D eigenvalue weighted by atomic mass is 16.5. The number of hydrogen-bond donors (Lipinski definition) is 2. The molecule has 1 amide bonds. The minimum atomic E-state index is -0.626. The van der Waals surface area contributed by atoms with Crippen LogP contribution < -0.4 is 5.32 Å². The first kappa shape index (κ1) is 17.4. The molecule has 0 spiro atoms. The number of nitrogens with one attached hydrogen (secondary N) is 1. The SMILES string of the molecule is CC(C)COCC(O)CNC(=O)CN1CCC(C)CC1. The summed E-state index contributed by atoms with van der Waals surface area (Å²) in [6.07, 6.45) is 1.71. The first-order valence-corrected chi connectivity index (χ1v) is 7.72. The lowest BCUT2D eigenvalue weighted by Crippen LogP contribution is -2.43. The van der Waals surface area contributed by atoms with Crippen molar-refractivity contribution in [3.8, 4) is 0 Å². The monoisotopic (exact) mass is 286 g/mol. The van der Waals surface area contributed by atoms with E-state index in [1.54, 1.807) is 0 Å². The predicted octanol–water partition coefficient (Wildman–Crippen LogP) is 0.868. The van der Waals surface area contributed by atoms with Crippen LogP contribution in [0.15, 0.2) is 0 Å². The molecule has 0 aromatic heterocycles. The van der Waals surface area contributed by atoms with Crippen molar-refractivity contribution in [3.63, 3.8) is 0 Å². The van der Waals surface area contributed by atoms with Gasteiger partial charge >= 0.3 is 0 Å². The number of carbonyl (C=O) groups is 1. The molecule has 1 saturated heterocycles. The first-order valence-electron chi connectivity index (χ1n) is 7.72. The van der Waals surface area contributed by atoms with E-state index in [1.807, 2.05) is 0 Å². The number of rotatable bonds is 8. The number of nitrogens with zero attached hydrogens (tertiary/aromatic N) is 1. The van der Waals surface area contributed by atoms with E-state index in [9.17, 15) is 9.90 Å². The maximum Gasteiger partial charge on any atom is 0.234 e. The molecule has 1 rings (SSSR count). The van der Waals surface area contributed by atoms with Gasteiger partial charge in [-0.2, -0.15) is 0 Å². The van der Waals surface area contributed by atoms with Crippen molar-refractivity contribution in [3.05, 3.63) is 0 Å². The van der Waals surface area contributed by atoms with Crippen molar-refractivity contribution in [2.24, 2.45) is 11.8 Å². The standard InChI is InChI=1S/C15H30N2O3/c1-12(2)10-20-11-14(18)8-16-15(19)9-17-6-4-13(3)5-7-17/h12-14,18H,4-11H2,1-3H3,(H,16,19). The van der Waals surface area contributed by atoms with Crippen LogP contribution in [-0.4, -0.2) is 61.4 Å². The molecule has 1 atom stereocenters. The molecular formula is C15H30N2O3. The van der Waals surface area contributed by atoms with Gasteiger partial charge in [-0.05, 0) is 37.8 Å². The van der Waals surface area contributed by atoms with Crippen molar-refractivity contribution in [2.75, 3.05) is 39.4 Å². The Hall–Kier alpha value is -0.650.